The third-order valence-corrected chi connectivity index (χ3v) is 17.0. The number of quaternary nitrogens is 1. The van der Waals surface area contributed by atoms with E-state index in [0.717, 1.165) is 95.0 Å². The van der Waals surface area contributed by atoms with Crippen molar-refractivity contribution in [3.63, 3.8) is 0 Å². The van der Waals surface area contributed by atoms with E-state index in [1.807, 2.05) is 0 Å². The second-order valence-corrected chi connectivity index (χ2v) is 33.2. The number of rotatable bonds is 5. The molecule has 454 valence electrons. The van der Waals surface area contributed by atoms with Gasteiger partial charge in [-0.25, -0.2) is 0 Å². The molecule has 0 amide bonds. The maximum Gasteiger partial charge on any atom is 0.0930 e. The quantitative estimate of drug-likeness (QED) is 0.137. The second kappa shape index (κ2) is 27.0. The summed E-state index contributed by atoms with van der Waals surface area (Å²) < 4.78 is 1.09. The fraction of sp³-hybridized carbons (Fsp3) is 0.855. The SMILES string of the molecule is C#CC1(NC(C)(C)C)CC(C)(C)N(C)C(C)(C)C1.C#CC1(NC(C)(C)C)CC(C)N(C)C(C)C1.C#CC1(NC(C)(C)C)CCCN(C)C1.C#CC1(NC(C)(C)C)CCN(C)C(C)(C)C1.C#CC1(NC(C)(C)C)CC[N+](C)(C)CC1. The van der Waals surface area contributed by atoms with Gasteiger partial charge in [0.15, 0.2) is 0 Å². The van der Waals surface area contributed by atoms with Gasteiger partial charge in [0.2, 0.25) is 0 Å². The van der Waals surface area contributed by atoms with Crippen LogP contribution in [-0.2, 0) is 0 Å². The Hall–Kier alpha value is -2.60. The van der Waals surface area contributed by atoms with Crippen molar-refractivity contribution in [1.29, 1.82) is 0 Å². The Morgan fingerprint density at radius 2 is 0.759 bits per heavy atom. The molecular formula is C69H129N10+. The molecule has 10 heteroatoms. The van der Waals surface area contributed by atoms with Crippen LogP contribution in [0, 0.1) is 61.7 Å². The van der Waals surface area contributed by atoms with Crippen molar-refractivity contribution in [3.8, 4) is 61.7 Å². The average Bonchev–Trinajstić information content (AvgIpc) is 3.25. The molecule has 0 radical (unpaired) electrons. The summed E-state index contributed by atoms with van der Waals surface area (Å²) in [5.41, 5.74) is 0.0500. The van der Waals surface area contributed by atoms with Crippen LogP contribution in [0.3, 0.4) is 0 Å². The predicted molar refractivity (Wildman–Crippen MR) is 347 cm³/mol. The summed E-state index contributed by atoms with van der Waals surface area (Å²) >= 11 is 0. The first kappa shape index (κ1) is 74.4. The molecule has 0 aromatic rings. The zero-order valence-corrected chi connectivity index (χ0v) is 57.4. The van der Waals surface area contributed by atoms with Gasteiger partial charge in [0, 0.05) is 82.3 Å². The molecule has 0 saturated carbocycles. The van der Waals surface area contributed by atoms with Crippen molar-refractivity contribution in [2.45, 2.75) is 308 Å². The maximum absolute atomic E-state index is 5.90. The second-order valence-electron chi connectivity index (χ2n) is 33.2. The van der Waals surface area contributed by atoms with Crippen LogP contribution in [-0.4, -0.2) is 183 Å². The van der Waals surface area contributed by atoms with Crippen molar-refractivity contribution < 1.29 is 4.48 Å². The molecule has 79 heavy (non-hydrogen) atoms. The van der Waals surface area contributed by atoms with Gasteiger partial charge in [-0.3, -0.25) is 31.5 Å². The highest BCUT2D eigenvalue weighted by Crippen LogP contribution is 2.43. The number of nitrogens with one attached hydrogen (secondary N) is 5. The van der Waals surface area contributed by atoms with Crippen LogP contribution in [0.1, 0.15) is 223 Å². The first-order chi connectivity index (χ1) is 35.2. The van der Waals surface area contributed by atoms with E-state index in [0.29, 0.717) is 12.1 Å². The van der Waals surface area contributed by atoms with Crippen LogP contribution < -0.4 is 26.6 Å². The van der Waals surface area contributed by atoms with Gasteiger partial charge in [-0.15, -0.1) is 32.1 Å². The molecule has 0 aliphatic carbocycles. The van der Waals surface area contributed by atoms with Crippen molar-refractivity contribution in [2.24, 2.45) is 0 Å². The molecule has 0 bridgehead atoms. The van der Waals surface area contributed by atoms with Crippen LogP contribution in [0.2, 0.25) is 0 Å². The molecule has 4 atom stereocenters. The van der Waals surface area contributed by atoms with Gasteiger partial charge in [0.1, 0.15) is 0 Å². The van der Waals surface area contributed by atoms with E-state index < -0.39 is 0 Å². The summed E-state index contributed by atoms with van der Waals surface area (Å²) in [7, 11) is 13.3. The molecule has 5 saturated heterocycles. The minimum atomic E-state index is -0.211. The van der Waals surface area contributed by atoms with Gasteiger partial charge in [0.05, 0.1) is 54.9 Å². The van der Waals surface area contributed by atoms with Crippen LogP contribution in [0.25, 0.3) is 0 Å². The fourth-order valence-corrected chi connectivity index (χ4v) is 13.4. The largest absolute Gasteiger partial charge is 0.328 e. The Labute approximate surface area is 492 Å². The number of nitrogens with zero attached hydrogens (tertiary/aromatic N) is 5. The van der Waals surface area contributed by atoms with Crippen LogP contribution in [0.15, 0.2) is 0 Å². The third-order valence-electron chi connectivity index (χ3n) is 17.0. The number of hydrogen-bond donors (Lipinski definition) is 5. The number of likely N-dealkylation sites (tertiary alicyclic amines) is 5. The lowest BCUT2D eigenvalue weighted by atomic mass is 9.69. The van der Waals surface area contributed by atoms with E-state index in [1.165, 1.54) is 6.42 Å². The Bertz CT molecular complexity index is 2060. The van der Waals surface area contributed by atoms with Crippen molar-refractivity contribution >= 4 is 0 Å². The molecule has 0 aromatic carbocycles. The molecule has 0 spiro atoms. The molecule has 5 N–H and O–H groups in total. The first-order valence-corrected chi connectivity index (χ1v) is 30.2. The van der Waals surface area contributed by atoms with Gasteiger partial charge in [-0.05, 0) is 245 Å². The lowest BCUT2D eigenvalue weighted by Crippen LogP contribution is -2.69. The summed E-state index contributed by atoms with van der Waals surface area (Å²) in [6.07, 6.45) is 39.3. The molecule has 10 nitrogen and oxygen atoms in total. The van der Waals surface area contributed by atoms with E-state index in [2.05, 4.69) is 277 Å². The van der Waals surface area contributed by atoms with E-state index in [4.69, 9.17) is 32.1 Å². The first-order valence-electron chi connectivity index (χ1n) is 30.2. The average molecular weight is 1100 g/mol. The molecule has 4 unspecified atom stereocenters. The van der Waals surface area contributed by atoms with E-state index in [1.54, 1.807) is 0 Å². The minimum absolute atomic E-state index is 0.0362. The number of piperidine rings is 5. The monoisotopic (exact) mass is 1100 g/mol. The topological polar surface area (TPSA) is 73.1 Å². The van der Waals surface area contributed by atoms with Gasteiger partial charge in [-0.1, -0.05) is 29.6 Å². The molecule has 5 rings (SSSR count). The standard InChI is InChI=1S/C16H30N2.2C14H26N2.C13H25N2.C12H22N2/c1-10-16(17-13(2,3)4)11-14(5,6)18(9)15(7,8)12-16;1-8-14(15-13(4,5)6)9-11(2)16(7)12(3)10-14;1-8-14(15-12(2,3)4)9-10-16(7)13(5,6)11-14;1-7-13(14-12(2,3)4)8-10-15(5,6)11-9-13;1-6-12(13-11(2,3)4)8-7-9-14(5)10-12/h1,17H,11-12H2,2-9H3;1,11-12,15H,9-10H2,2-7H3;1,15H,9-11H2,2-7H3;1,14H,8-11H2,2-6H3;1,13H,7-10H2,2-5H3/q;;;+1;. The zero-order chi connectivity index (χ0) is 62.1. The summed E-state index contributed by atoms with van der Waals surface area (Å²) in [5, 5.41) is 18.2. The Morgan fingerprint density at radius 1 is 0.430 bits per heavy atom. The molecule has 0 aromatic heterocycles. The summed E-state index contributed by atoms with van der Waals surface area (Å²) in [6.45, 7) is 56.3. The van der Waals surface area contributed by atoms with Crippen molar-refractivity contribution in [1.82, 2.24) is 46.2 Å². The molecule has 5 fully saturated rings. The van der Waals surface area contributed by atoms with Gasteiger partial charge in [-0.2, -0.15) is 0 Å². The number of terminal acetylenes is 5. The smallest absolute Gasteiger partial charge is 0.0930 e. The van der Waals surface area contributed by atoms with Crippen LogP contribution in [0.5, 0.6) is 0 Å². The summed E-state index contributed by atoms with van der Waals surface area (Å²) in [4.78, 5) is 9.58. The zero-order valence-electron chi connectivity index (χ0n) is 57.4. The lowest BCUT2D eigenvalue weighted by molar-refractivity contribution is -0.896. The molecular weight excluding hydrogens is 969 g/mol. The normalized spacial score (nSPS) is 29.8. The molecule has 5 heterocycles. The lowest BCUT2D eigenvalue weighted by Gasteiger charge is -2.58. The highest BCUT2D eigenvalue weighted by molar-refractivity contribution is 5.24. The van der Waals surface area contributed by atoms with Gasteiger partial charge < -0.3 is 19.2 Å². The Balaban J connectivity index is 0.000000495. The minimum Gasteiger partial charge on any atom is -0.328 e. The fourth-order valence-electron chi connectivity index (χ4n) is 13.4. The van der Waals surface area contributed by atoms with E-state index in [9.17, 15) is 0 Å². The van der Waals surface area contributed by atoms with Crippen LogP contribution in [0.4, 0.5) is 0 Å². The van der Waals surface area contributed by atoms with E-state index >= 15 is 0 Å². The maximum atomic E-state index is 5.90. The summed E-state index contributed by atoms with van der Waals surface area (Å²) in [6, 6.07) is 1.07. The van der Waals surface area contributed by atoms with Crippen molar-refractivity contribution in [2.75, 3.05) is 75.0 Å². The van der Waals surface area contributed by atoms with Crippen molar-refractivity contribution in [3.05, 3.63) is 0 Å². The Kier molecular flexibility index (Phi) is 25.4. The molecule has 5 aliphatic rings. The number of likely N-dealkylation sites (N-methyl/N-ethyl adjacent to an activating group) is 1. The van der Waals surface area contributed by atoms with Crippen LogP contribution >= 0.6 is 0 Å². The highest BCUT2D eigenvalue weighted by Gasteiger charge is 2.51. The van der Waals surface area contributed by atoms with E-state index in [-0.39, 0.29) is 72.0 Å². The Morgan fingerprint density at radius 3 is 1.10 bits per heavy atom. The molecule has 5 aliphatic heterocycles. The van der Waals surface area contributed by atoms with Gasteiger partial charge >= 0.3 is 0 Å². The summed E-state index contributed by atoms with van der Waals surface area (Å²) in [5.74, 6) is 15.0. The number of hydrogen-bond acceptors (Lipinski definition) is 9. The third kappa shape index (κ3) is 24.6. The highest BCUT2D eigenvalue weighted by atomic mass is 15.3. The predicted octanol–water partition coefficient (Wildman–Crippen LogP) is 10.6. The van der Waals surface area contributed by atoms with Gasteiger partial charge in [0.25, 0.3) is 0 Å².